The largest absolute Gasteiger partial charge is 0.378 e. The van der Waals surface area contributed by atoms with Gasteiger partial charge in [0.1, 0.15) is 0 Å². The van der Waals surface area contributed by atoms with E-state index >= 15 is 0 Å². The van der Waals surface area contributed by atoms with Crippen molar-refractivity contribution in [1.29, 1.82) is 0 Å². The van der Waals surface area contributed by atoms with Crippen LogP contribution in [0.1, 0.15) is 59.3 Å². The molecular weight excluding hydrogens is 262 g/mol. The van der Waals surface area contributed by atoms with Gasteiger partial charge in [0.25, 0.3) is 0 Å². The van der Waals surface area contributed by atoms with E-state index in [1.165, 1.54) is 25.7 Å². The van der Waals surface area contributed by atoms with Gasteiger partial charge in [0.05, 0.1) is 6.10 Å². The molecule has 0 bridgehead atoms. The first-order valence-corrected chi connectivity index (χ1v) is 8.82. The number of ether oxygens (including phenoxy) is 1. The number of likely N-dealkylation sites (tertiary alicyclic amines) is 1. The molecule has 1 saturated heterocycles. The van der Waals surface area contributed by atoms with Crippen LogP contribution in [0.2, 0.25) is 0 Å². The maximum atomic E-state index is 5.72. The summed E-state index contributed by atoms with van der Waals surface area (Å²) in [6.45, 7) is 10.6. The summed E-state index contributed by atoms with van der Waals surface area (Å²) in [4.78, 5) is 6.84. The molecule has 0 saturated carbocycles. The lowest BCUT2D eigenvalue weighted by Gasteiger charge is -2.34. The second-order valence-electron chi connectivity index (χ2n) is 5.99. The number of piperidine rings is 1. The summed E-state index contributed by atoms with van der Waals surface area (Å²) in [7, 11) is 1.89. The van der Waals surface area contributed by atoms with Gasteiger partial charge in [-0.05, 0) is 32.1 Å². The predicted molar refractivity (Wildman–Crippen MR) is 90.9 cm³/mol. The van der Waals surface area contributed by atoms with E-state index in [0.717, 1.165) is 51.0 Å². The number of aliphatic imine (C=N–C) groups is 1. The minimum absolute atomic E-state index is 0.442. The Bertz CT molecular complexity index is 286. The number of hydrogen-bond donors (Lipinski definition) is 1. The number of rotatable bonds is 8. The van der Waals surface area contributed by atoms with Crippen LogP contribution in [0.15, 0.2) is 4.99 Å². The van der Waals surface area contributed by atoms with E-state index in [-0.39, 0.29) is 0 Å². The average molecular weight is 297 g/mol. The molecule has 0 amide bonds. The molecule has 124 valence electrons. The van der Waals surface area contributed by atoms with Gasteiger partial charge in [0, 0.05) is 33.3 Å². The Kier molecular flexibility index (Phi) is 9.48. The molecule has 4 heteroatoms. The van der Waals surface area contributed by atoms with Crippen LogP contribution in [-0.2, 0) is 4.74 Å². The van der Waals surface area contributed by atoms with Crippen LogP contribution in [0, 0.1) is 5.92 Å². The quantitative estimate of drug-likeness (QED) is 0.552. The van der Waals surface area contributed by atoms with Crippen molar-refractivity contribution in [3.05, 3.63) is 0 Å². The lowest BCUT2D eigenvalue weighted by Crippen LogP contribution is -2.48. The van der Waals surface area contributed by atoms with Crippen LogP contribution < -0.4 is 5.32 Å². The van der Waals surface area contributed by atoms with Gasteiger partial charge in [-0.2, -0.15) is 0 Å². The summed E-state index contributed by atoms with van der Waals surface area (Å²) in [5.41, 5.74) is 0. The normalized spacial score (nSPS) is 18.9. The summed E-state index contributed by atoms with van der Waals surface area (Å²) in [6.07, 6.45) is 7.86. The highest BCUT2D eigenvalue weighted by atomic mass is 16.5. The lowest BCUT2D eigenvalue weighted by atomic mass is 9.99. The smallest absolute Gasteiger partial charge is 0.193 e. The molecule has 1 heterocycles. The zero-order chi connectivity index (χ0) is 15.5. The van der Waals surface area contributed by atoms with E-state index < -0.39 is 0 Å². The van der Waals surface area contributed by atoms with Gasteiger partial charge in [0.15, 0.2) is 5.96 Å². The van der Waals surface area contributed by atoms with Crippen LogP contribution in [0.3, 0.4) is 0 Å². The standard InChI is InChI=1S/C17H35N3O/c1-5-8-9-15(6-2)14-19-17(18-4)20-12-10-16(11-13-20)21-7-3/h15-16H,5-14H2,1-4H3,(H,18,19). The minimum atomic E-state index is 0.442. The highest BCUT2D eigenvalue weighted by Gasteiger charge is 2.21. The number of hydrogen-bond acceptors (Lipinski definition) is 2. The van der Waals surface area contributed by atoms with Gasteiger partial charge in [0.2, 0.25) is 0 Å². The molecule has 0 aromatic carbocycles. The molecule has 0 aliphatic carbocycles. The van der Waals surface area contributed by atoms with Crippen LogP contribution >= 0.6 is 0 Å². The summed E-state index contributed by atoms with van der Waals surface area (Å²) in [6, 6.07) is 0. The third kappa shape index (κ3) is 6.68. The van der Waals surface area contributed by atoms with Crippen molar-refractivity contribution >= 4 is 5.96 Å². The maximum Gasteiger partial charge on any atom is 0.193 e. The van der Waals surface area contributed by atoms with E-state index in [0.29, 0.717) is 6.10 Å². The molecule has 0 spiro atoms. The Balaban J connectivity index is 2.35. The first kappa shape index (κ1) is 18.3. The average Bonchev–Trinajstić information content (AvgIpc) is 2.52. The van der Waals surface area contributed by atoms with Crippen molar-refractivity contribution in [3.8, 4) is 0 Å². The van der Waals surface area contributed by atoms with Gasteiger partial charge in [-0.15, -0.1) is 0 Å². The molecule has 1 aliphatic heterocycles. The fourth-order valence-electron chi connectivity index (χ4n) is 2.98. The van der Waals surface area contributed by atoms with Crippen molar-refractivity contribution in [2.45, 2.75) is 65.4 Å². The monoisotopic (exact) mass is 297 g/mol. The van der Waals surface area contributed by atoms with Gasteiger partial charge < -0.3 is 15.0 Å². The lowest BCUT2D eigenvalue weighted by molar-refractivity contribution is 0.0263. The second kappa shape index (κ2) is 10.9. The summed E-state index contributed by atoms with van der Waals surface area (Å²) >= 11 is 0. The Morgan fingerprint density at radius 2 is 2.00 bits per heavy atom. The van der Waals surface area contributed by atoms with E-state index in [1.807, 2.05) is 7.05 Å². The van der Waals surface area contributed by atoms with Crippen molar-refractivity contribution in [2.75, 3.05) is 33.3 Å². The molecule has 0 aromatic rings. The number of nitrogens with zero attached hydrogens (tertiary/aromatic N) is 2. The first-order chi connectivity index (χ1) is 10.2. The van der Waals surface area contributed by atoms with E-state index in [1.54, 1.807) is 0 Å². The first-order valence-electron chi connectivity index (χ1n) is 8.82. The molecule has 1 fully saturated rings. The van der Waals surface area contributed by atoms with Crippen molar-refractivity contribution in [1.82, 2.24) is 10.2 Å². The fraction of sp³-hybridized carbons (Fsp3) is 0.941. The molecule has 21 heavy (non-hydrogen) atoms. The van der Waals surface area contributed by atoms with Crippen LogP contribution in [0.4, 0.5) is 0 Å². The maximum absolute atomic E-state index is 5.72. The molecule has 1 aliphatic rings. The Morgan fingerprint density at radius 3 is 2.52 bits per heavy atom. The molecule has 1 N–H and O–H groups in total. The molecule has 4 nitrogen and oxygen atoms in total. The Morgan fingerprint density at radius 1 is 1.29 bits per heavy atom. The molecular formula is C17H35N3O. The minimum Gasteiger partial charge on any atom is -0.378 e. The third-order valence-corrected chi connectivity index (χ3v) is 4.45. The highest BCUT2D eigenvalue weighted by molar-refractivity contribution is 5.79. The predicted octanol–water partition coefficient (Wildman–Crippen LogP) is 3.28. The molecule has 0 aromatic heterocycles. The SMILES string of the molecule is CCCCC(CC)CNC(=NC)N1CCC(OCC)CC1. The molecule has 1 atom stereocenters. The Labute approximate surface area is 131 Å². The molecule has 1 rings (SSSR count). The van der Waals surface area contributed by atoms with Crippen LogP contribution in [-0.4, -0.2) is 50.3 Å². The Hall–Kier alpha value is -0.770. The van der Waals surface area contributed by atoms with Gasteiger partial charge in [-0.1, -0.05) is 33.1 Å². The van der Waals surface area contributed by atoms with Crippen molar-refractivity contribution in [2.24, 2.45) is 10.9 Å². The number of guanidine groups is 1. The highest BCUT2D eigenvalue weighted by Crippen LogP contribution is 2.15. The second-order valence-corrected chi connectivity index (χ2v) is 5.99. The van der Waals surface area contributed by atoms with Gasteiger partial charge >= 0.3 is 0 Å². The number of unbranched alkanes of at least 4 members (excludes halogenated alkanes) is 1. The zero-order valence-corrected chi connectivity index (χ0v) is 14.5. The molecule has 1 unspecified atom stereocenters. The van der Waals surface area contributed by atoms with E-state index in [9.17, 15) is 0 Å². The van der Waals surface area contributed by atoms with E-state index in [4.69, 9.17) is 4.74 Å². The zero-order valence-electron chi connectivity index (χ0n) is 14.5. The van der Waals surface area contributed by atoms with Crippen molar-refractivity contribution in [3.63, 3.8) is 0 Å². The summed E-state index contributed by atoms with van der Waals surface area (Å²) in [5, 5.41) is 3.58. The molecule has 0 radical (unpaired) electrons. The van der Waals surface area contributed by atoms with Gasteiger partial charge in [-0.25, -0.2) is 0 Å². The van der Waals surface area contributed by atoms with Crippen LogP contribution in [0.25, 0.3) is 0 Å². The van der Waals surface area contributed by atoms with Gasteiger partial charge in [-0.3, -0.25) is 4.99 Å². The van der Waals surface area contributed by atoms with E-state index in [2.05, 4.69) is 36.0 Å². The number of nitrogens with one attached hydrogen (secondary N) is 1. The van der Waals surface area contributed by atoms with Crippen LogP contribution in [0.5, 0.6) is 0 Å². The fourth-order valence-corrected chi connectivity index (χ4v) is 2.98. The summed E-state index contributed by atoms with van der Waals surface area (Å²) in [5.74, 6) is 1.84. The van der Waals surface area contributed by atoms with Crippen molar-refractivity contribution < 1.29 is 4.74 Å². The third-order valence-electron chi connectivity index (χ3n) is 4.45. The summed E-state index contributed by atoms with van der Waals surface area (Å²) < 4.78 is 5.72. The topological polar surface area (TPSA) is 36.9 Å².